The predicted octanol–water partition coefficient (Wildman–Crippen LogP) is 0.386. The highest BCUT2D eigenvalue weighted by atomic mass is 35.5. The van der Waals surface area contributed by atoms with E-state index in [-0.39, 0.29) is 35.0 Å². The zero-order valence-electron chi connectivity index (χ0n) is 11.8. The van der Waals surface area contributed by atoms with E-state index >= 15 is 0 Å². The summed E-state index contributed by atoms with van der Waals surface area (Å²) in [5, 5.41) is 0.452. The van der Waals surface area contributed by atoms with Crippen molar-refractivity contribution in [3.63, 3.8) is 0 Å². The Balaban J connectivity index is 2.45. The van der Waals surface area contributed by atoms with Gasteiger partial charge < -0.3 is 5.73 Å². The molecule has 0 radical (unpaired) electrons. The Labute approximate surface area is 129 Å². The van der Waals surface area contributed by atoms with Crippen LogP contribution < -0.4 is 21.9 Å². The van der Waals surface area contributed by atoms with Crippen molar-refractivity contribution in [2.45, 2.75) is 26.2 Å². The number of aromatic nitrogens is 4. The summed E-state index contributed by atoms with van der Waals surface area (Å²) in [5.41, 5.74) is 5.07. The molecule has 0 fully saturated rings. The number of hydrogen-bond donors (Lipinski definition) is 1. The van der Waals surface area contributed by atoms with Gasteiger partial charge in [-0.25, -0.2) is 23.9 Å². The molecule has 6 nitrogen and oxygen atoms in total. The summed E-state index contributed by atoms with van der Waals surface area (Å²) in [5.74, 6) is 0.498. The van der Waals surface area contributed by atoms with Gasteiger partial charge in [0.1, 0.15) is 22.8 Å². The van der Waals surface area contributed by atoms with Gasteiger partial charge in [-0.3, -0.25) is 4.79 Å². The van der Waals surface area contributed by atoms with Gasteiger partial charge in [0.25, 0.3) is 5.56 Å². The Hall–Kier alpha value is -2.28. The molecular weight excluding hydrogens is 309 g/mol. The average Bonchev–Trinajstić information content (AvgIpc) is 2.51. The number of rotatable bonds is 2. The third-order valence-electron chi connectivity index (χ3n) is 3.45. The van der Waals surface area contributed by atoms with Crippen LogP contribution in [-0.4, -0.2) is 19.5 Å². The third-order valence-corrected chi connectivity index (χ3v) is 3.83. The number of nitrogens with zero attached hydrogens (tertiary/aromatic N) is 4. The van der Waals surface area contributed by atoms with E-state index < -0.39 is 11.4 Å². The van der Waals surface area contributed by atoms with Crippen molar-refractivity contribution in [2.24, 2.45) is 0 Å². The number of halogens is 2. The van der Waals surface area contributed by atoms with Gasteiger partial charge in [-0.1, -0.05) is 18.5 Å². The topological polar surface area (TPSA) is 86.7 Å². The van der Waals surface area contributed by atoms with Crippen LogP contribution in [0, 0.1) is 0 Å². The van der Waals surface area contributed by atoms with Crippen LogP contribution in [0.2, 0.25) is 0 Å². The standard InChI is InChI=1S/C14H13ClFN5O/c1-2-10-20-13-8(16)4-3-7(15)12(13)14(22)21(10)11-6-18-9(17)5-19-11/h5-6H,2-4H2,1H3,(H2,17,18). The van der Waals surface area contributed by atoms with Gasteiger partial charge in [0.05, 0.1) is 17.6 Å². The first-order valence-corrected chi connectivity index (χ1v) is 7.18. The van der Waals surface area contributed by atoms with Crippen LogP contribution in [-0.2, 0) is 6.42 Å². The van der Waals surface area contributed by atoms with E-state index in [9.17, 15) is 9.18 Å². The maximum Gasteiger partial charge on any atom is 0.268 e. The Bertz CT molecular complexity index is 920. The average molecular weight is 322 g/mol. The summed E-state index contributed by atoms with van der Waals surface area (Å²) in [7, 11) is 0. The zero-order valence-corrected chi connectivity index (χ0v) is 12.6. The first kappa shape index (κ1) is 14.6. The lowest BCUT2D eigenvalue weighted by Gasteiger charge is -2.13. The van der Waals surface area contributed by atoms with E-state index in [1.807, 2.05) is 6.92 Å². The summed E-state index contributed by atoms with van der Waals surface area (Å²) >= 11 is 6.13. The molecule has 2 N–H and O–H groups in total. The van der Waals surface area contributed by atoms with Crippen LogP contribution in [0.5, 0.6) is 0 Å². The molecule has 2 aromatic heterocycles. The Morgan fingerprint density at radius 1 is 1.36 bits per heavy atom. The molecule has 3 rings (SSSR count). The highest BCUT2D eigenvalue weighted by molar-refractivity contribution is 6.45. The minimum Gasteiger partial charge on any atom is -0.382 e. The Morgan fingerprint density at radius 2 is 2.14 bits per heavy atom. The van der Waals surface area contributed by atoms with E-state index in [1.165, 1.54) is 17.0 Å². The van der Waals surface area contributed by atoms with E-state index in [0.717, 1.165) is 0 Å². The number of aryl methyl sites for hydroxylation is 1. The second-order valence-corrected chi connectivity index (χ2v) is 5.31. The van der Waals surface area contributed by atoms with Gasteiger partial charge >= 0.3 is 0 Å². The molecule has 0 aromatic carbocycles. The molecule has 0 amide bonds. The molecule has 0 saturated carbocycles. The first-order chi connectivity index (χ1) is 10.5. The fourth-order valence-corrected chi connectivity index (χ4v) is 2.65. The minimum atomic E-state index is -0.444. The van der Waals surface area contributed by atoms with Crippen molar-refractivity contribution in [3.05, 3.63) is 39.1 Å². The molecular formula is C14H13ClFN5O. The molecule has 0 spiro atoms. The van der Waals surface area contributed by atoms with E-state index in [0.29, 0.717) is 17.3 Å². The van der Waals surface area contributed by atoms with Crippen molar-refractivity contribution in [3.8, 4) is 5.82 Å². The van der Waals surface area contributed by atoms with Gasteiger partial charge in [0.2, 0.25) is 0 Å². The van der Waals surface area contributed by atoms with Crippen molar-refractivity contribution >= 4 is 28.3 Å². The monoisotopic (exact) mass is 321 g/mol. The van der Waals surface area contributed by atoms with E-state index in [4.69, 9.17) is 17.3 Å². The molecule has 0 bridgehead atoms. The summed E-state index contributed by atoms with van der Waals surface area (Å²) in [6, 6.07) is 0. The molecule has 1 aliphatic carbocycles. The maximum absolute atomic E-state index is 14.0. The number of nitrogen functional groups attached to an aromatic ring is 1. The first-order valence-electron chi connectivity index (χ1n) is 6.80. The fraction of sp³-hybridized carbons (Fsp3) is 0.286. The SMILES string of the molecule is CCc1nc2c(c(=O)n1-c1cnc(N)cn1)=C(Cl)CCC=2F. The zero-order chi connectivity index (χ0) is 15.9. The molecule has 2 aromatic rings. The number of nitrogens with two attached hydrogens (primary N) is 1. The van der Waals surface area contributed by atoms with Crippen LogP contribution in [0.1, 0.15) is 25.6 Å². The summed E-state index contributed by atoms with van der Waals surface area (Å²) in [6.45, 7) is 1.82. The number of fused-ring (bicyclic) bond motifs is 1. The predicted molar refractivity (Wildman–Crippen MR) is 81.5 cm³/mol. The van der Waals surface area contributed by atoms with Gasteiger partial charge in [-0.2, -0.15) is 0 Å². The van der Waals surface area contributed by atoms with Crippen molar-refractivity contribution in [1.82, 2.24) is 19.5 Å². The van der Waals surface area contributed by atoms with Crippen molar-refractivity contribution < 1.29 is 4.39 Å². The number of hydrogen-bond acceptors (Lipinski definition) is 5. The summed E-state index contributed by atoms with van der Waals surface area (Å²) < 4.78 is 15.3. The smallest absolute Gasteiger partial charge is 0.268 e. The molecule has 1 aliphatic rings. The quantitative estimate of drug-likeness (QED) is 0.864. The highest BCUT2D eigenvalue weighted by Crippen LogP contribution is 2.17. The Kier molecular flexibility index (Phi) is 3.66. The molecule has 0 saturated heterocycles. The summed E-state index contributed by atoms with van der Waals surface area (Å²) in [4.78, 5) is 25.1. The van der Waals surface area contributed by atoms with Crippen LogP contribution in [0.4, 0.5) is 10.2 Å². The summed E-state index contributed by atoms with van der Waals surface area (Å²) in [6.07, 6.45) is 3.60. The lowest BCUT2D eigenvalue weighted by atomic mass is 10.1. The Morgan fingerprint density at radius 3 is 2.77 bits per heavy atom. The maximum atomic E-state index is 14.0. The lowest BCUT2D eigenvalue weighted by molar-refractivity contribution is 0.674. The largest absolute Gasteiger partial charge is 0.382 e. The van der Waals surface area contributed by atoms with Crippen LogP contribution in [0.15, 0.2) is 17.2 Å². The van der Waals surface area contributed by atoms with Crippen molar-refractivity contribution in [2.75, 3.05) is 5.73 Å². The lowest BCUT2D eigenvalue weighted by Crippen LogP contribution is -2.50. The normalized spacial score (nSPS) is 14.1. The second kappa shape index (κ2) is 5.49. The van der Waals surface area contributed by atoms with Gasteiger partial charge in [0.15, 0.2) is 5.82 Å². The van der Waals surface area contributed by atoms with Crippen LogP contribution in [0.25, 0.3) is 16.7 Å². The molecule has 2 heterocycles. The van der Waals surface area contributed by atoms with Crippen LogP contribution in [0.3, 0.4) is 0 Å². The molecule has 0 unspecified atom stereocenters. The highest BCUT2D eigenvalue weighted by Gasteiger charge is 2.18. The van der Waals surface area contributed by atoms with E-state index in [1.54, 1.807) is 0 Å². The molecule has 8 heteroatoms. The van der Waals surface area contributed by atoms with Gasteiger partial charge in [-0.15, -0.1) is 0 Å². The molecule has 0 aliphatic heterocycles. The molecule has 114 valence electrons. The molecule has 22 heavy (non-hydrogen) atoms. The second-order valence-electron chi connectivity index (χ2n) is 4.86. The van der Waals surface area contributed by atoms with Crippen LogP contribution >= 0.6 is 11.6 Å². The minimum absolute atomic E-state index is 0.0396. The third kappa shape index (κ3) is 2.27. The van der Waals surface area contributed by atoms with Gasteiger partial charge in [0, 0.05) is 17.9 Å². The van der Waals surface area contributed by atoms with Gasteiger partial charge in [-0.05, 0) is 6.42 Å². The molecule has 0 atom stereocenters. The number of anilines is 1. The van der Waals surface area contributed by atoms with E-state index in [2.05, 4.69) is 15.0 Å². The fourth-order valence-electron chi connectivity index (χ4n) is 2.39. The van der Waals surface area contributed by atoms with Crippen molar-refractivity contribution in [1.29, 1.82) is 0 Å².